The van der Waals surface area contributed by atoms with Gasteiger partial charge in [-0.1, -0.05) is 12.1 Å². The Bertz CT molecular complexity index is 548. The minimum Gasteiger partial charge on any atom is -0.508 e. The zero-order chi connectivity index (χ0) is 11.7. The molecule has 2 aromatic rings. The highest BCUT2D eigenvalue weighted by Gasteiger charge is 2.09. The van der Waals surface area contributed by atoms with Crippen LogP contribution in [0.1, 0.15) is 0 Å². The molecule has 0 radical (unpaired) electrons. The molecule has 0 unspecified atom stereocenters. The van der Waals surface area contributed by atoms with E-state index in [1.165, 1.54) is 0 Å². The molecule has 0 bridgehead atoms. The van der Waals surface area contributed by atoms with Crippen LogP contribution < -0.4 is 11.5 Å². The highest BCUT2D eigenvalue weighted by Crippen LogP contribution is 2.37. The maximum absolute atomic E-state index is 9.61. The van der Waals surface area contributed by atoms with Crippen LogP contribution >= 0.6 is 24.8 Å². The fourth-order valence-corrected chi connectivity index (χ4v) is 1.55. The van der Waals surface area contributed by atoms with Crippen LogP contribution in [0.3, 0.4) is 0 Å². The quantitative estimate of drug-likeness (QED) is 0.480. The summed E-state index contributed by atoms with van der Waals surface area (Å²) in [4.78, 5) is 0. The molecule has 4 nitrogen and oxygen atoms in total. The van der Waals surface area contributed by atoms with Crippen LogP contribution in [0.25, 0.3) is 11.1 Å². The number of nitrogen functional groups attached to an aromatic ring is 2. The summed E-state index contributed by atoms with van der Waals surface area (Å²) < 4.78 is 0. The topological polar surface area (TPSA) is 92.5 Å². The molecule has 0 heterocycles. The number of anilines is 2. The first-order chi connectivity index (χ1) is 7.59. The summed E-state index contributed by atoms with van der Waals surface area (Å²) in [6.07, 6.45) is 0. The number of aromatic hydroxyl groups is 2. The van der Waals surface area contributed by atoms with Gasteiger partial charge < -0.3 is 21.7 Å². The van der Waals surface area contributed by atoms with Gasteiger partial charge in [-0.25, -0.2) is 0 Å². The molecule has 2 aromatic carbocycles. The molecule has 2 rings (SSSR count). The molecule has 0 spiro atoms. The third-order valence-electron chi connectivity index (χ3n) is 2.41. The number of hydrogen-bond donors (Lipinski definition) is 4. The van der Waals surface area contributed by atoms with Crippen LogP contribution in [0.2, 0.25) is 0 Å². The normalized spacial score (nSPS) is 9.11. The number of nitrogens with two attached hydrogens (primary N) is 2. The van der Waals surface area contributed by atoms with Crippen molar-refractivity contribution in [2.75, 3.05) is 11.5 Å². The Hall–Kier alpha value is -1.78. The maximum atomic E-state index is 9.61. The summed E-state index contributed by atoms with van der Waals surface area (Å²) in [5.74, 6) is 0.0223. The van der Waals surface area contributed by atoms with Crippen LogP contribution in [0.5, 0.6) is 11.5 Å². The van der Waals surface area contributed by atoms with Crippen molar-refractivity contribution in [3.8, 4) is 22.6 Å². The minimum absolute atomic E-state index is 0. The highest BCUT2D eigenvalue weighted by atomic mass is 35.5. The monoisotopic (exact) mass is 288 g/mol. The molecule has 0 fully saturated rings. The summed E-state index contributed by atoms with van der Waals surface area (Å²) in [5.41, 5.74) is 13.1. The number of hydrogen-bond acceptors (Lipinski definition) is 4. The molecule has 0 aliphatic heterocycles. The summed E-state index contributed by atoms with van der Waals surface area (Å²) >= 11 is 0. The molecule has 0 amide bonds. The molecule has 6 heteroatoms. The van der Waals surface area contributed by atoms with E-state index < -0.39 is 0 Å². The Morgan fingerprint density at radius 1 is 0.889 bits per heavy atom. The van der Waals surface area contributed by atoms with Gasteiger partial charge in [-0.05, 0) is 29.8 Å². The number of phenols is 2. The molecule has 0 saturated heterocycles. The third kappa shape index (κ3) is 2.91. The fourth-order valence-electron chi connectivity index (χ4n) is 1.55. The largest absolute Gasteiger partial charge is 0.508 e. The first-order valence-electron chi connectivity index (χ1n) is 4.76. The van der Waals surface area contributed by atoms with E-state index >= 15 is 0 Å². The molecule has 98 valence electrons. The van der Waals surface area contributed by atoms with Crippen molar-refractivity contribution < 1.29 is 10.2 Å². The lowest BCUT2D eigenvalue weighted by atomic mass is 10.0. The molecule has 18 heavy (non-hydrogen) atoms. The average Bonchev–Trinajstić information content (AvgIpc) is 2.26. The summed E-state index contributed by atoms with van der Waals surface area (Å²) in [6.45, 7) is 0. The zero-order valence-corrected chi connectivity index (χ0v) is 11.0. The van der Waals surface area contributed by atoms with E-state index in [0.717, 1.165) is 5.56 Å². The lowest BCUT2D eigenvalue weighted by molar-refractivity contribution is 0.475. The molecular formula is C12H14Cl2N2O2. The van der Waals surface area contributed by atoms with Crippen LogP contribution in [-0.4, -0.2) is 10.2 Å². The van der Waals surface area contributed by atoms with Gasteiger partial charge in [0.25, 0.3) is 0 Å². The van der Waals surface area contributed by atoms with E-state index in [4.69, 9.17) is 11.5 Å². The first-order valence-corrected chi connectivity index (χ1v) is 4.76. The van der Waals surface area contributed by atoms with Crippen molar-refractivity contribution in [3.63, 3.8) is 0 Å². The Morgan fingerprint density at radius 3 is 2.17 bits per heavy atom. The highest BCUT2D eigenvalue weighted by molar-refractivity contribution is 5.86. The second kappa shape index (κ2) is 6.23. The van der Waals surface area contributed by atoms with Crippen LogP contribution in [0.4, 0.5) is 11.4 Å². The van der Waals surface area contributed by atoms with Crippen molar-refractivity contribution in [2.45, 2.75) is 0 Å². The van der Waals surface area contributed by atoms with E-state index in [-0.39, 0.29) is 47.7 Å². The van der Waals surface area contributed by atoms with Crippen LogP contribution in [0, 0.1) is 0 Å². The number of halogens is 2. The second-order valence-corrected chi connectivity index (χ2v) is 3.51. The van der Waals surface area contributed by atoms with E-state index in [1.54, 1.807) is 36.4 Å². The molecular weight excluding hydrogens is 275 g/mol. The fraction of sp³-hybridized carbons (Fsp3) is 0. The summed E-state index contributed by atoms with van der Waals surface area (Å²) in [7, 11) is 0. The Morgan fingerprint density at radius 2 is 1.56 bits per heavy atom. The minimum atomic E-state index is -0.124. The molecule has 0 atom stereocenters. The van der Waals surface area contributed by atoms with Gasteiger partial charge in [0, 0.05) is 5.56 Å². The molecule has 0 aromatic heterocycles. The van der Waals surface area contributed by atoms with Gasteiger partial charge in [-0.3, -0.25) is 0 Å². The lowest BCUT2D eigenvalue weighted by Crippen LogP contribution is -1.94. The SMILES string of the molecule is Cl.Cl.Nc1ccc(-c2cccc(O)c2)c(N)c1O. The molecule has 6 N–H and O–H groups in total. The number of phenolic OH excluding ortho intramolecular Hbond substituents is 2. The molecule has 0 aliphatic rings. The van der Waals surface area contributed by atoms with Gasteiger partial charge in [-0.2, -0.15) is 0 Å². The van der Waals surface area contributed by atoms with Gasteiger partial charge in [0.05, 0.1) is 11.4 Å². The van der Waals surface area contributed by atoms with Gasteiger partial charge >= 0.3 is 0 Å². The summed E-state index contributed by atoms with van der Waals surface area (Å²) in [5, 5.41) is 19.0. The van der Waals surface area contributed by atoms with E-state index in [2.05, 4.69) is 0 Å². The van der Waals surface area contributed by atoms with Gasteiger partial charge in [-0.15, -0.1) is 24.8 Å². The Balaban J connectivity index is 0.00000144. The lowest BCUT2D eigenvalue weighted by Gasteiger charge is -2.09. The van der Waals surface area contributed by atoms with Crippen molar-refractivity contribution >= 4 is 36.2 Å². The van der Waals surface area contributed by atoms with Crippen molar-refractivity contribution in [1.29, 1.82) is 0 Å². The third-order valence-corrected chi connectivity index (χ3v) is 2.41. The van der Waals surface area contributed by atoms with Crippen LogP contribution in [0.15, 0.2) is 36.4 Å². The Kier molecular flexibility index (Phi) is 5.62. The van der Waals surface area contributed by atoms with E-state index in [9.17, 15) is 10.2 Å². The predicted octanol–water partition coefficient (Wildman–Crippen LogP) is 2.77. The van der Waals surface area contributed by atoms with Crippen molar-refractivity contribution in [3.05, 3.63) is 36.4 Å². The van der Waals surface area contributed by atoms with Crippen molar-refractivity contribution in [2.24, 2.45) is 0 Å². The van der Waals surface area contributed by atoms with Gasteiger partial charge in [0.15, 0.2) is 5.75 Å². The van der Waals surface area contributed by atoms with Gasteiger partial charge in [0.1, 0.15) is 5.75 Å². The predicted molar refractivity (Wildman–Crippen MR) is 78.5 cm³/mol. The van der Waals surface area contributed by atoms with E-state index in [1.807, 2.05) is 0 Å². The smallest absolute Gasteiger partial charge is 0.162 e. The zero-order valence-electron chi connectivity index (χ0n) is 9.33. The van der Waals surface area contributed by atoms with Crippen LogP contribution in [-0.2, 0) is 0 Å². The van der Waals surface area contributed by atoms with Crippen molar-refractivity contribution in [1.82, 2.24) is 0 Å². The van der Waals surface area contributed by atoms with Gasteiger partial charge in [0.2, 0.25) is 0 Å². The van der Waals surface area contributed by atoms with E-state index in [0.29, 0.717) is 5.56 Å². The summed E-state index contributed by atoms with van der Waals surface area (Å²) in [6, 6.07) is 9.92. The standard InChI is InChI=1S/C12H12N2O2.2ClH/c13-10-5-4-9(11(14)12(10)16)7-2-1-3-8(15)6-7;;/h1-6,15-16H,13-14H2;2*1H. The average molecular weight is 289 g/mol. The first kappa shape index (κ1) is 16.2. The molecule has 0 aliphatic carbocycles. The number of benzene rings is 2. The maximum Gasteiger partial charge on any atom is 0.162 e. The Labute approximate surface area is 117 Å². The molecule has 0 saturated carbocycles. The second-order valence-electron chi connectivity index (χ2n) is 3.51. The number of rotatable bonds is 1.